The Morgan fingerprint density at radius 1 is 1.17 bits per heavy atom. The largest absolute Gasteiger partial charge is 0.354 e. The van der Waals surface area contributed by atoms with Crippen LogP contribution in [-0.2, 0) is 22.6 Å². The van der Waals surface area contributed by atoms with Crippen LogP contribution < -0.4 is 5.32 Å². The molecule has 23 heavy (non-hydrogen) atoms. The molecule has 5 heteroatoms. The van der Waals surface area contributed by atoms with Gasteiger partial charge in [-0.3, -0.25) is 9.59 Å². The Hall–Kier alpha value is -2.14. The van der Waals surface area contributed by atoms with Gasteiger partial charge in [0.15, 0.2) is 0 Å². The van der Waals surface area contributed by atoms with Crippen molar-refractivity contribution in [2.45, 2.75) is 26.8 Å². The monoisotopic (exact) mass is 330 g/mol. The number of amides is 2. The summed E-state index contributed by atoms with van der Waals surface area (Å²) in [6.45, 7) is 5.15. The number of hydrogen-bond acceptors (Lipinski definition) is 3. The Morgan fingerprint density at radius 3 is 2.61 bits per heavy atom. The maximum atomic E-state index is 11.9. The van der Waals surface area contributed by atoms with Crippen molar-refractivity contribution in [2.24, 2.45) is 0 Å². The first-order valence-electron chi connectivity index (χ1n) is 7.65. The summed E-state index contributed by atoms with van der Waals surface area (Å²) in [6, 6.07) is 11.9. The van der Waals surface area contributed by atoms with Gasteiger partial charge in [0.1, 0.15) is 0 Å². The van der Waals surface area contributed by atoms with Crippen molar-refractivity contribution >= 4 is 23.2 Å². The summed E-state index contributed by atoms with van der Waals surface area (Å²) in [4.78, 5) is 26.5. The van der Waals surface area contributed by atoms with Gasteiger partial charge in [0.05, 0.1) is 6.42 Å². The average Bonchev–Trinajstić information content (AvgIpc) is 3.01. The lowest BCUT2D eigenvalue weighted by Crippen LogP contribution is -2.37. The Bertz CT molecular complexity index is 653. The van der Waals surface area contributed by atoms with Crippen molar-refractivity contribution in [1.82, 2.24) is 10.2 Å². The Labute approximate surface area is 141 Å². The smallest absolute Gasteiger partial charge is 0.225 e. The highest BCUT2D eigenvalue weighted by atomic mass is 32.1. The fraction of sp³-hybridized carbons (Fsp3) is 0.333. The lowest BCUT2D eigenvalue weighted by Gasteiger charge is -2.22. The highest BCUT2D eigenvalue weighted by Crippen LogP contribution is 2.11. The van der Waals surface area contributed by atoms with E-state index in [-0.39, 0.29) is 11.8 Å². The molecule has 0 aliphatic heterocycles. The van der Waals surface area contributed by atoms with Crippen LogP contribution in [0.1, 0.15) is 22.9 Å². The van der Waals surface area contributed by atoms with Crippen LogP contribution in [0.25, 0.3) is 0 Å². The second kappa shape index (κ2) is 8.48. The van der Waals surface area contributed by atoms with Crippen LogP contribution >= 0.6 is 11.3 Å². The summed E-state index contributed by atoms with van der Waals surface area (Å²) in [5.41, 5.74) is 2.30. The van der Waals surface area contributed by atoms with Crippen molar-refractivity contribution in [1.29, 1.82) is 0 Å². The Kier molecular flexibility index (Phi) is 6.35. The van der Waals surface area contributed by atoms with E-state index in [2.05, 4.69) is 5.32 Å². The van der Waals surface area contributed by atoms with E-state index in [1.165, 1.54) is 5.56 Å². The van der Waals surface area contributed by atoms with Crippen molar-refractivity contribution in [3.05, 3.63) is 57.8 Å². The molecule has 0 bridgehead atoms. The second-order valence-electron chi connectivity index (χ2n) is 5.47. The van der Waals surface area contributed by atoms with E-state index in [1.807, 2.05) is 48.7 Å². The van der Waals surface area contributed by atoms with Crippen LogP contribution in [0.2, 0.25) is 0 Å². The van der Waals surface area contributed by atoms with Gasteiger partial charge < -0.3 is 10.2 Å². The topological polar surface area (TPSA) is 49.4 Å². The SMILES string of the molecule is CC(=O)N(CCNC(=O)Cc1cccs1)Cc1ccccc1C. The summed E-state index contributed by atoms with van der Waals surface area (Å²) in [6.07, 6.45) is 0.398. The molecule has 4 nitrogen and oxygen atoms in total. The predicted molar refractivity (Wildman–Crippen MR) is 93.3 cm³/mol. The molecule has 0 saturated heterocycles. The lowest BCUT2D eigenvalue weighted by atomic mass is 10.1. The summed E-state index contributed by atoms with van der Waals surface area (Å²) in [7, 11) is 0. The third-order valence-corrected chi connectivity index (χ3v) is 4.56. The van der Waals surface area contributed by atoms with E-state index in [1.54, 1.807) is 23.2 Å². The van der Waals surface area contributed by atoms with E-state index in [0.717, 1.165) is 10.4 Å². The molecule has 1 aromatic carbocycles. The molecule has 122 valence electrons. The predicted octanol–water partition coefficient (Wildman–Crippen LogP) is 2.76. The highest BCUT2D eigenvalue weighted by molar-refractivity contribution is 7.10. The van der Waals surface area contributed by atoms with Crippen LogP contribution in [0.5, 0.6) is 0 Å². The number of benzene rings is 1. The van der Waals surface area contributed by atoms with Gasteiger partial charge >= 0.3 is 0 Å². The number of hydrogen-bond donors (Lipinski definition) is 1. The first kappa shape index (κ1) is 17.2. The lowest BCUT2D eigenvalue weighted by molar-refractivity contribution is -0.130. The highest BCUT2D eigenvalue weighted by Gasteiger charge is 2.11. The van der Waals surface area contributed by atoms with Gasteiger partial charge in [0.25, 0.3) is 0 Å². The Balaban J connectivity index is 1.82. The van der Waals surface area contributed by atoms with Crippen LogP contribution in [0.3, 0.4) is 0 Å². The summed E-state index contributed by atoms with van der Waals surface area (Å²) in [5, 5.41) is 4.84. The maximum absolute atomic E-state index is 11.9. The number of carbonyl (C=O) groups is 2. The van der Waals surface area contributed by atoms with Crippen LogP contribution in [0.4, 0.5) is 0 Å². The van der Waals surface area contributed by atoms with Gasteiger partial charge in [0.2, 0.25) is 11.8 Å². The normalized spacial score (nSPS) is 10.3. The fourth-order valence-corrected chi connectivity index (χ4v) is 3.01. The van der Waals surface area contributed by atoms with Gasteiger partial charge in [-0.25, -0.2) is 0 Å². The number of aryl methyl sites for hydroxylation is 1. The molecule has 0 unspecified atom stereocenters. The number of carbonyl (C=O) groups excluding carboxylic acids is 2. The first-order chi connectivity index (χ1) is 11.1. The molecule has 2 amide bonds. The Morgan fingerprint density at radius 2 is 1.96 bits per heavy atom. The quantitative estimate of drug-likeness (QED) is 0.849. The van der Waals surface area contributed by atoms with E-state index in [0.29, 0.717) is 26.1 Å². The van der Waals surface area contributed by atoms with Crippen molar-refractivity contribution in [3.63, 3.8) is 0 Å². The van der Waals surface area contributed by atoms with Gasteiger partial charge in [-0.05, 0) is 29.5 Å². The summed E-state index contributed by atoms with van der Waals surface area (Å²) >= 11 is 1.57. The summed E-state index contributed by atoms with van der Waals surface area (Å²) in [5.74, 6) is 0.00704. The van der Waals surface area contributed by atoms with E-state index in [9.17, 15) is 9.59 Å². The fourth-order valence-electron chi connectivity index (χ4n) is 2.31. The molecule has 2 rings (SSSR count). The zero-order valence-electron chi connectivity index (χ0n) is 13.5. The van der Waals surface area contributed by atoms with Crippen molar-refractivity contribution in [2.75, 3.05) is 13.1 Å². The minimum Gasteiger partial charge on any atom is -0.354 e. The number of nitrogens with zero attached hydrogens (tertiary/aromatic N) is 1. The van der Waals surface area contributed by atoms with Crippen LogP contribution in [0, 0.1) is 6.92 Å². The minimum atomic E-state index is -0.00755. The molecule has 0 fully saturated rings. The molecular formula is C18H22N2O2S. The molecule has 1 N–H and O–H groups in total. The van der Waals surface area contributed by atoms with Gasteiger partial charge in [-0.1, -0.05) is 30.3 Å². The second-order valence-corrected chi connectivity index (χ2v) is 6.51. The first-order valence-corrected chi connectivity index (χ1v) is 8.53. The third-order valence-electron chi connectivity index (χ3n) is 3.69. The van der Waals surface area contributed by atoms with Gasteiger partial charge in [0, 0.05) is 31.4 Å². The molecule has 0 saturated carbocycles. The third kappa shape index (κ3) is 5.53. The maximum Gasteiger partial charge on any atom is 0.225 e. The molecule has 0 spiro atoms. The zero-order chi connectivity index (χ0) is 16.7. The molecule has 1 heterocycles. The molecule has 0 radical (unpaired) electrons. The molecule has 2 aromatic rings. The molecule has 1 aromatic heterocycles. The standard InChI is InChI=1S/C18H22N2O2S/c1-14-6-3-4-7-16(14)13-20(15(2)21)10-9-19-18(22)12-17-8-5-11-23-17/h3-8,11H,9-10,12-13H2,1-2H3,(H,19,22). The zero-order valence-corrected chi connectivity index (χ0v) is 14.4. The summed E-state index contributed by atoms with van der Waals surface area (Å²) < 4.78 is 0. The van der Waals surface area contributed by atoms with Gasteiger partial charge in [-0.2, -0.15) is 0 Å². The van der Waals surface area contributed by atoms with E-state index < -0.39 is 0 Å². The minimum absolute atomic E-state index is 0.00755. The van der Waals surface area contributed by atoms with Crippen LogP contribution in [0.15, 0.2) is 41.8 Å². The van der Waals surface area contributed by atoms with E-state index in [4.69, 9.17) is 0 Å². The van der Waals surface area contributed by atoms with E-state index >= 15 is 0 Å². The van der Waals surface area contributed by atoms with Crippen LogP contribution in [-0.4, -0.2) is 29.8 Å². The van der Waals surface area contributed by atoms with Crippen molar-refractivity contribution in [3.8, 4) is 0 Å². The molecule has 0 atom stereocenters. The van der Waals surface area contributed by atoms with Gasteiger partial charge in [-0.15, -0.1) is 11.3 Å². The molecule has 0 aliphatic carbocycles. The number of rotatable bonds is 7. The molecular weight excluding hydrogens is 308 g/mol. The molecule has 0 aliphatic rings. The van der Waals surface area contributed by atoms with Crippen molar-refractivity contribution < 1.29 is 9.59 Å². The number of nitrogens with one attached hydrogen (secondary N) is 1. The average molecular weight is 330 g/mol. The number of thiophene rings is 1.